The molecule has 2 atom stereocenters. The van der Waals surface area contributed by atoms with Gasteiger partial charge in [-0.2, -0.15) is 0 Å². The summed E-state index contributed by atoms with van der Waals surface area (Å²) in [7, 11) is -3.63. The molecule has 0 heterocycles. The minimum atomic E-state index is -3.63. The predicted molar refractivity (Wildman–Crippen MR) is 65.8 cm³/mol. The van der Waals surface area contributed by atoms with Crippen LogP contribution in [0.2, 0.25) is 5.02 Å². The molecule has 0 N–H and O–H groups in total. The highest BCUT2D eigenvalue weighted by atomic mass is 35.5. The molecule has 1 aliphatic rings. The number of hydrogen-bond acceptors (Lipinski definition) is 3. The molecule has 1 aromatic carbocycles. The van der Waals surface area contributed by atoms with Crippen LogP contribution < -0.4 is 0 Å². The van der Waals surface area contributed by atoms with Gasteiger partial charge in [0.1, 0.15) is 11.6 Å². The molecule has 18 heavy (non-hydrogen) atoms. The Hall–Kier alpha value is -0.940. The molecule has 0 saturated heterocycles. The van der Waals surface area contributed by atoms with E-state index in [4.69, 9.17) is 11.6 Å². The van der Waals surface area contributed by atoms with Crippen LogP contribution in [-0.2, 0) is 14.6 Å². The summed E-state index contributed by atoms with van der Waals surface area (Å²) in [6.07, 6.45) is 0.595. The van der Waals surface area contributed by atoms with Gasteiger partial charge in [-0.1, -0.05) is 18.5 Å². The van der Waals surface area contributed by atoms with E-state index < -0.39 is 26.8 Å². The Bertz CT molecular complexity index is 597. The zero-order valence-corrected chi connectivity index (χ0v) is 11.3. The van der Waals surface area contributed by atoms with Crippen LogP contribution in [0.1, 0.15) is 19.8 Å². The van der Waals surface area contributed by atoms with Crippen LogP contribution in [0.15, 0.2) is 23.1 Å². The van der Waals surface area contributed by atoms with Gasteiger partial charge in [-0.3, -0.25) is 4.79 Å². The summed E-state index contributed by atoms with van der Waals surface area (Å²) in [5.41, 5.74) is 0. The van der Waals surface area contributed by atoms with Gasteiger partial charge in [-0.15, -0.1) is 0 Å². The molecule has 0 spiro atoms. The maximum atomic E-state index is 13.0. The fraction of sp³-hybridized carbons (Fsp3) is 0.417. The molecule has 0 amide bonds. The van der Waals surface area contributed by atoms with Gasteiger partial charge in [0.15, 0.2) is 9.84 Å². The van der Waals surface area contributed by atoms with E-state index >= 15 is 0 Å². The lowest BCUT2D eigenvalue weighted by molar-refractivity contribution is -0.120. The molecule has 0 radical (unpaired) electrons. The highest BCUT2D eigenvalue weighted by Gasteiger charge is 2.40. The number of carbonyl (C=O) groups is 1. The second kappa shape index (κ2) is 4.63. The lowest BCUT2D eigenvalue weighted by Crippen LogP contribution is -2.26. The van der Waals surface area contributed by atoms with E-state index in [9.17, 15) is 17.6 Å². The molecular formula is C12H12ClFO3S. The normalized spacial score (nSPS) is 24.5. The number of rotatable bonds is 2. The summed E-state index contributed by atoms with van der Waals surface area (Å²) in [4.78, 5) is 11.4. The monoisotopic (exact) mass is 290 g/mol. The minimum Gasteiger partial charge on any atom is -0.299 e. The Morgan fingerprint density at radius 1 is 1.39 bits per heavy atom. The SMILES string of the molecule is CC1C(=O)CCC1S(=O)(=O)c1ccc(F)c(Cl)c1. The van der Waals surface area contributed by atoms with Crippen molar-refractivity contribution in [1.29, 1.82) is 0 Å². The second-order valence-electron chi connectivity index (χ2n) is 4.45. The Morgan fingerprint density at radius 2 is 2.06 bits per heavy atom. The maximum Gasteiger partial charge on any atom is 0.181 e. The third-order valence-corrected chi connectivity index (χ3v) is 6.00. The first-order valence-electron chi connectivity index (χ1n) is 5.55. The van der Waals surface area contributed by atoms with Gasteiger partial charge in [-0.25, -0.2) is 12.8 Å². The molecule has 3 nitrogen and oxygen atoms in total. The van der Waals surface area contributed by atoms with Gasteiger partial charge in [-0.05, 0) is 24.6 Å². The lowest BCUT2D eigenvalue weighted by atomic mass is 10.1. The summed E-state index contributed by atoms with van der Waals surface area (Å²) < 4.78 is 37.7. The molecule has 1 fully saturated rings. The summed E-state index contributed by atoms with van der Waals surface area (Å²) in [6, 6.07) is 3.31. The van der Waals surface area contributed by atoms with Gasteiger partial charge in [0.2, 0.25) is 0 Å². The van der Waals surface area contributed by atoms with Crippen molar-refractivity contribution in [3.05, 3.63) is 29.0 Å². The van der Waals surface area contributed by atoms with E-state index in [0.29, 0.717) is 6.42 Å². The Labute approximate surface area is 110 Å². The van der Waals surface area contributed by atoms with E-state index in [1.165, 1.54) is 6.07 Å². The van der Waals surface area contributed by atoms with E-state index in [2.05, 4.69) is 0 Å². The standard InChI is InChI=1S/C12H12ClFO3S/c1-7-11(15)4-5-12(7)18(16,17)8-2-3-10(14)9(13)6-8/h2-3,6-7,12H,4-5H2,1H3. The van der Waals surface area contributed by atoms with Crippen LogP contribution in [0.4, 0.5) is 4.39 Å². The quantitative estimate of drug-likeness (QED) is 0.787. The zero-order valence-electron chi connectivity index (χ0n) is 9.69. The third-order valence-electron chi connectivity index (χ3n) is 3.36. The molecule has 6 heteroatoms. The van der Waals surface area contributed by atoms with Crippen LogP contribution in [0.25, 0.3) is 0 Å². The third kappa shape index (κ3) is 2.17. The van der Waals surface area contributed by atoms with Gasteiger partial charge in [0.25, 0.3) is 0 Å². The number of carbonyl (C=O) groups excluding carboxylic acids is 1. The van der Waals surface area contributed by atoms with Gasteiger partial charge < -0.3 is 0 Å². The van der Waals surface area contributed by atoms with Crippen LogP contribution in [0.5, 0.6) is 0 Å². The highest BCUT2D eigenvalue weighted by molar-refractivity contribution is 7.92. The second-order valence-corrected chi connectivity index (χ2v) is 7.03. The smallest absolute Gasteiger partial charge is 0.181 e. The topological polar surface area (TPSA) is 51.2 Å². The molecule has 2 rings (SSSR count). The first-order valence-corrected chi connectivity index (χ1v) is 7.48. The van der Waals surface area contributed by atoms with Crippen LogP contribution in [0.3, 0.4) is 0 Å². The average Bonchev–Trinajstić information content (AvgIpc) is 2.64. The number of hydrogen-bond donors (Lipinski definition) is 0. The van der Waals surface area contributed by atoms with E-state index in [1.54, 1.807) is 6.92 Å². The van der Waals surface area contributed by atoms with Crippen molar-refractivity contribution in [3.8, 4) is 0 Å². The minimum absolute atomic E-state index is 0.0274. The van der Waals surface area contributed by atoms with Crippen molar-refractivity contribution in [2.75, 3.05) is 0 Å². The summed E-state index contributed by atoms with van der Waals surface area (Å²) in [5.74, 6) is -1.22. The van der Waals surface area contributed by atoms with E-state index in [-0.39, 0.29) is 22.1 Å². The average molecular weight is 291 g/mol. The van der Waals surface area contributed by atoms with Crippen molar-refractivity contribution < 1.29 is 17.6 Å². The molecule has 0 bridgehead atoms. The Morgan fingerprint density at radius 3 is 2.56 bits per heavy atom. The van der Waals surface area contributed by atoms with Crippen molar-refractivity contribution in [1.82, 2.24) is 0 Å². The van der Waals surface area contributed by atoms with Crippen molar-refractivity contribution in [3.63, 3.8) is 0 Å². The zero-order chi connectivity index (χ0) is 13.5. The molecule has 98 valence electrons. The summed E-state index contributed by atoms with van der Waals surface area (Å²) >= 11 is 5.59. The Kier molecular flexibility index (Phi) is 3.47. The fourth-order valence-electron chi connectivity index (χ4n) is 2.22. The largest absolute Gasteiger partial charge is 0.299 e. The van der Waals surface area contributed by atoms with Gasteiger partial charge >= 0.3 is 0 Å². The highest BCUT2D eigenvalue weighted by Crippen LogP contribution is 2.33. The predicted octanol–water partition coefficient (Wildman–Crippen LogP) is 2.62. The summed E-state index contributed by atoms with van der Waals surface area (Å²) in [6.45, 7) is 1.61. The molecule has 2 unspecified atom stereocenters. The molecule has 0 aromatic heterocycles. The molecular weight excluding hydrogens is 279 g/mol. The van der Waals surface area contributed by atoms with Crippen molar-refractivity contribution >= 4 is 27.2 Å². The number of Topliss-reactive ketones (excluding diaryl/α,β-unsaturated/α-hetero) is 1. The molecule has 1 aliphatic carbocycles. The van der Waals surface area contributed by atoms with Crippen LogP contribution in [0, 0.1) is 11.7 Å². The van der Waals surface area contributed by atoms with E-state index in [0.717, 1.165) is 12.1 Å². The van der Waals surface area contributed by atoms with Crippen LogP contribution >= 0.6 is 11.6 Å². The lowest BCUT2D eigenvalue weighted by Gasteiger charge is -2.15. The number of sulfone groups is 1. The van der Waals surface area contributed by atoms with Crippen molar-refractivity contribution in [2.45, 2.75) is 29.9 Å². The fourth-order valence-corrected chi connectivity index (χ4v) is 4.47. The first-order chi connectivity index (χ1) is 8.34. The maximum absolute atomic E-state index is 13.0. The molecule has 1 saturated carbocycles. The van der Waals surface area contributed by atoms with Gasteiger partial charge in [0.05, 0.1) is 15.2 Å². The number of halogens is 2. The van der Waals surface area contributed by atoms with Gasteiger partial charge in [0, 0.05) is 12.3 Å². The molecule has 0 aliphatic heterocycles. The first kappa shape index (κ1) is 13.5. The summed E-state index contributed by atoms with van der Waals surface area (Å²) in [5, 5.41) is -0.959. The Balaban J connectivity index is 2.42. The number of benzene rings is 1. The number of ketones is 1. The van der Waals surface area contributed by atoms with Crippen LogP contribution in [-0.4, -0.2) is 19.5 Å². The van der Waals surface area contributed by atoms with E-state index in [1.807, 2.05) is 0 Å². The molecule has 1 aromatic rings. The van der Waals surface area contributed by atoms with Crippen molar-refractivity contribution in [2.24, 2.45) is 5.92 Å².